The van der Waals surface area contributed by atoms with Gasteiger partial charge < -0.3 is 24.8 Å². The number of amides is 1. The third-order valence-electron chi connectivity index (χ3n) is 5.37. The van der Waals surface area contributed by atoms with Gasteiger partial charge in [-0.2, -0.15) is 5.10 Å². The zero-order valence-corrected chi connectivity index (χ0v) is 19.1. The first kappa shape index (κ1) is 22.4. The zero-order chi connectivity index (χ0) is 22.7. The number of hydrogen-bond donors (Lipinski definition) is 3. The van der Waals surface area contributed by atoms with Crippen LogP contribution in [0.15, 0.2) is 41.5 Å². The normalized spacial score (nSPS) is 22.9. The molecule has 1 unspecified atom stereocenters. The van der Waals surface area contributed by atoms with E-state index in [-0.39, 0.29) is 17.9 Å². The number of nitrogens with zero attached hydrogens (tertiary/aromatic N) is 3. The summed E-state index contributed by atoms with van der Waals surface area (Å²) in [5.41, 5.74) is 4.31. The Labute approximate surface area is 191 Å². The van der Waals surface area contributed by atoms with Gasteiger partial charge in [0.2, 0.25) is 5.88 Å². The molecular formula is C22H27N5O4S. The van der Waals surface area contributed by atoms with Gasteiger partial charge in [0.15, 0.2) is 5.56 Å². The number of carbonyl (C=O) groups excluding carboxylic acids is 1. The van der Waals surface area contributed by atoms with Crippen LogP contribution in [0.4, 0.5) is 0 Å². The topological polar surface area (TPSA) is 108 Å². The van der Waals surface area contributed by atoms with Crippen LogP contribution in [0.2, 0.25) is 0 Å². The van der Waals surface area contributed by atoms with E-state index in [4.69, 9.17) is 9.47 Å². The molecule has 2 aromatic rings. The third-order valence-corrected chi connectivity index (χ3v) is 6.34. The van der Waals surface area contributed by atoms with E-state index in [2.05, 4.69) is 25.7 Å². The number of likely N-dealkylation sites (tertiary alicyclic amines) is 1. The number of aliphatic hydroxyl groups is 1. The average Bonchev–Trinajstić information content (AvgIpc) is 3.37. The van der Waals surface area contributed by atoms with Crippen LogP contribution in [-0.2, 0) is 6.61 Å². The molecule has 0 aliphatic carbocycles. The van der Waals surface area contributed by atoms with Crippen molar-refractivity contribution in [3.63, 3.8) is 0 Å². The lowest BCUT2D eigenvalue weighted by molar-refractivity contribution is 0.0935. The second-order valence-electron chi connectivity index (χ2n) is 7.93. The molecule has 4 rings (SSSR count). The van der Waals surface area contributed by atoms with Crippen LogP contribution in [-0.4, -0.2) is 64.8 Å². The minimum atomic E-state index is -0.725. The van der Waals surface area contributed by atoms with Crippen molar-refractivity contribution >= 4 is 22.7 Å². The summed E-state index contributed by atoms with van der Waals surface area (Å²) in [5, 5.41) is 17.8. The monoisotopic (exact) mass is 457 g/mol. The van der Waals surface area contributed by atoms with Crippen molar-refractivity contribution in [1.29, 1.82) is 0 Å². The lowest BCUT2D eigenvalue weighted by Crippen LogP contribution is -2.42. The molecule has 1 saturated heterocycles. The van der Waals surface area contributed by atoms with Gasteiger partial charge in [-0.1, -0.05) is 11.8 Å². The fourth-order valence-electron chi connectivity index (χ4n) is 3.87. The Morgan fingerprint density at radius 3 is 2.78 bits per heavy atom. The first-order valence-electron chi connectivity index (χ1n) is 10.3. The van der Waals surface area contributed by atoms with Gasteiger partial charge in [0.05, 0.1) is 13.2 Å². The highest BCUT2D eigenvalue weighted by molar-refractivity contribution is 8.14. The van der Waals surface area contributed by atoms with Crippen LogP contribution in [0, 0.1) is 12.8 Å². The van der Waals surface area contributed by atoms with Gasteiger partial charge >= 0.3 is 0 Å². The summed E-state index contributed by atoms with van der Waals surface area (Å²) in [5.74, 6) is 1.12. The molecule has 170 valence electrons. The second kappa shape index (κ2) is 9.76. The second-order valence-corrected chi connectivity index (χ2v) is 9.03. The van der Waals surface area contributed by atoms with Crippen molar-refractivity contribution in [2.45, 2.75) is 25.1 Å². The molecule has 1 amide bonds. The third kappa shape index (κ3) is 5.32. The Morgan fingerprint density at radius 1 is 1.31 bits per heavy atom. The summed E-state index contributed by atoms with van der Waals surface area (Å²) in [7, 11) is 3.59. The van der Waals surface area contributed by atoms with Crippen LogP contribution < -0.4 is 20.2 Å². The molecule has 3 heterocycles. The average molecular weight is 458 g/mol. The number of carbonyl (C=O) groups is 1. The van der Waals surface area contributed by atoms with Crippen molar-refractivity contribution in [3.05, 3.63) is 53.2 Å². The molecule has 1 fully saturated rings. The molecule has 32 heavy (non-hydrogen) atoms. The first-order chi connectivity index (χ1) is 15.4. The Bertz CT molecular complexity index is 1000. The van der Waals surface area contributed by atoms with Crippen molar-refractivity contribution in [3.8, 4) is 11.6 Å². The summed E-state index contributed by atoms with van der Waals surface area (Å²) in [6.45, 7) is 3.78. The molecule has 1 aromatic heterocycles. The van der Waals surface area contributed by atoms with Gasteiger partial charge in [0, 0.05) is 36.3 Å². The molecule has 2 aliphatic rings. The van der Waals surface area contributed by atoms with Gasteiger partial charge in [-0.3, -0.25) is 10.2 Å². The molecule has 3 N–H and O–H groups in total. The number of aryl methyl sites for hydroxylation is 1. The highest BCUT2D eigenvalue weighted by atomic mass is 32.2. The standard InChI is InChI=1S/C22H27N5O4S/c1-13-8-14(9-19(23-13)30-3)12-31-16-6-4-15(5-7-16)20(28)24-18-11-27(2)10-17(18)21-25-26-22(29)32-21/h4-9,17-18,22,26,29H,10-12H2,1-3H3,(H,24,28)/t17-,18+,22?/m0/s1. The van der Waals surface area contributed by atoms with E-state index in [1.54, 1.807) is 31.4 Å². The van der Waals surface area contributed by atoms with E-state index in [9.17, 15) is 9.90 Å². The fraction of sp³-hybridized carbons (Fsp3) is 0.409. The maximum absolute atomic E-state index is 12.8. The number of rotatable bonds is 7. The van der Waals surface area contributed by atoms with Gasteiger partial charge in [0.1, 0.15) is 17.4 Å². The van der Waals surface area contributed by atoms with Crippen molar-refractivity contribution in [2.75, 3.05) is 27.2 Å². The molecule has 1 aromatic carbocycles. The van der Waals surface area contributed by atoms with Crippen molar-refractivity contribution in [1.82, 2.24) is 20.6 Å². The maximum atomic E-state index is 12.8. The maximum Gasteiger partial charge on any atom is 0.251 e. The number of hydrazone groups is 1. The number of nitrogens with one attached hydrogen (secondary N) is 2. The van der Waals surface area contributed by atoms with Crippen molar-refractivity contribution < 1.29 is 19.4 Å². The van der Waals surface area contributed by atoms with Crippen LogP contribution in [0.25, 0.3) is 0 Å². The lowest BCUT2D eigenvalue weighted by atomic mass is 10.0. The largest absolute Gasteiger partial charge is 0.489 e. The fourth-order valence-corrected chi connectivity index (χ4v) is 4.72. The van der Waals surface area contributed by atoms with Gasteiger partial charge in [-0.05, 0) is 49.9 Å². The Kier molecular flexibility index (Phi) is 6.83. The van der Waals surface area contributed by atoms with E-state index in [1.165, 1.54) is 11.8 Å². The van der Waals surface area contributed by atoms with E-state index in [1.807, 2.05) is 26.1 Å². The molecule has 10 heteroatoms. The highest BCUT2D eigenvalue weighted by Gasteiger charge is 2.38. The summed E-state index contributed by atoms with van der Waals surface area (Å²) in [6.07, 6.45) is 0. The first-order valence-corrected chi connectivity index (χ1v) is 11.2. The molecule has 3 atom stereocenters. The molecule has 0 spiro atoms. The van der Waals surface area contributed by atoms with E-state index in [0.29, 0.717) is 23.8 Å². The number of methoxy groups -OCH3 is 1. The summed E-state index contributed by atoms with van der Waals surface area (Å²) >= 11 is 1.29. The van der Waals surface area contributed by atoms with Crippen molar-refractivity contribution in [2.24, 2.45) is 11.0 Å². The Morgan fingerprint density at radius 2 is 2.09 bits per heavy atom. The number of aromatic nitrogens is 1. The minimum absolute atomic E-state index is 0.0435. The lowest BCUT2D eigenvalue weighted by Gasteiger charge is -2.19. The number of pyridine rings is 1. The number of hydrogen-bond acceptors (Lipinski definition) is 9. The molecule has 9 nitrogen and oxygen atoms in total. The Balaban J connectivity index is 1.35. The summed E-state index contributed by atoms with van der Waals surface area (Å²) < 4.78 is 11.1. The predicted molar refractivity (Wildman–Crippen MR) is 123 cm³/mol. The highest BCUT2D eigenvalue weighted by Crippen LogP contribution is 2.28. The number of aliphatic hydroxyl groups excluding tert-OH is 1. The molecule has 0 saturated carbocycles. The molecular weight excluding hydrogens is 430 g/mol. The smallest absolute Gasteiger partial charge is 0.251 e. The molecule has 2 aliphatic heterocycles. The summed E-state index contributed by atoms with van der Waals surface area (Å²) in [4.78, 5) is 19.2. The SMILES string of the molecule is COc1cc(COc2ccc(C(=O)N[C@@H]3CN(C)C[C@@H]3C3=NNC(O)S3)cc2)cc(C)n1. The van der Waals surface area contributed by atoms with E-state index >= 15 is 0 Å². The zero-order valence-electron chi connectivity index (χ0n) is 18.2. The Hall–Kier alpha value is -2.82. The quantitative estimate of drug-likeness (QED) is 0.575. The minimum Gasteiger partial charge on any atom is -0.489 e. The van der Waals surface area contributed by atoms with Crippen LogP contribution in [0.5, 0.6) is 11.6 Å². The molecule has 0 bridgehead atoms. The van der Waals surface area contributed by atoms with Gasteiger partial charge in [-0.25, -0.2) is 4.98 Å². The number of ether oxygens (including phenoxy) is 2. The van der Waals surface area contributed by atoms with Crippen LogP contribution in [0.3, 0.4) is 0 Å². The van der Waals surface area contributed by atoms with Gasteiger partial charge in [-0.15, -0.1) is 0 Å². The predicted octanol–water partition coefficient (Wildman–Crippen LogP) is 1.56. The van der Waals surface area contributed by atoms with Gasteiger partial charge in [0.25, 0.3) is 5.91 Å². The van der Waals surface area contributed by atoms with Crippen LogP contribution >= 0.6 is 11.8 Å². The van der Waals surface area contributed by atoms with E-state index < -0.39 is 5.56 Å². The number of benzene rings is 1. The van der Waals surface area contributed by atoms with Crippen LogP contribution in [0.1, 0.15) is 21.6 Å². The van der Waals surface area contributed by atoms with E-state index in [0.717, 1.165) is 29.4 Å². The summed E-state index contributed by atoms with van der Waals surface area (Å²) in [6, 6.07) is 10.8. The number of likely N-dealkylation sites (N-methyl/N-ethyl adjacent to an activating group) is 1. The molecule has 0 radical (unpaired) electrons. The number of thioether (sulfide) groups is 1.